The van der Waals surface area contributed by atoms with Gasteiger partial charge >= 0.3 is 0 Å². The fourth-order valence-corrected chi connectivity index (χ4v) is 3.39. The van der Waals surface area contributed by atoms with Crippen molar-refractivity contribution in [2.24, 2.45) is 10.9 Å². The van der Waals surface area contributed by atoms with Gasteiger partial charge in [-0.25, -0.2) is 0 Å². The third-order valence-corrected chi connectivity index (χ3v) is 4.88. The molecule has 2 N–H and O–H groups in total. The van der Waals surface area contributed by atoms with Crippen molar-refractivity contribution in [3.05, 3.63) is 64.7 Å². The molecular weight excluding hydrogens is 472 g/mol. The highest BCUT2D eigenvalue weighted by atomic mass is 79.9. The molecule has 0 aliphatic carbocycles. The summed E-state index contributed by atoms with van der Waals surface area (Å²) in [6.07, 6.45) is 4.86. The first-order valence-electron chi connectivity index (χ1n) is 8.24. The molecule has 27 heavy (non-hydrogen) atoms. The normalized spacial score (nSPS) is 18.0. The summed E-state index contributed by atoms with van der Waals surface area (Å²) in [6.45, 7) is 0. The number of benzene rings is 2. The zero-order valence-corrected chi connectivity index (χ0v) is 17.4. The molecule has 0 fully saturated rings. The number of hydrogen-bond acceptors (Lipinski definition) is 4. The van der Waals surface area contributed by atoms with Crippen LogP contribution in [-0.2, 0) is 4.79 Å². The Labute approximate surface area is 174 Å². The van der Waals surface area contributed by atoms with Crippen molar-refractivity contribution in [2.45, 2.75) is 6.04 Å². The molecule has 1 amide bonds. The van der Waals surface area contributed by atoms with E-state index in [1.807, 2.05) is 36.4 Å². The van der Waals surface area contributed by atoms with Crippen LogP contribution < -0.4 is 10.6 Å². The number of amides is 1. The zero-order chi connectivity index (χ0) is 19.2. The lowest BCUT2D eigenvalue weighted by Crippen LogP contribution is -2.24. The van der Waals surface area contributed by atoms with Crippen molar-refractivity contribution >= 4 is 61.0 Å². The third kappa shape index (κ3) is 4.85. The lowest BCUT2D eigenvalue weighted by atomic mass is 9.90. The van der Waals surface area contributed by atoms with E-state index in [-0.39, 0.29) is 11.9 Å². The van der Waals surface area contributed by atoms with Crippen molar-refractivity contribution in [3.8, 4) is 6.07 Å². The van der Waals surface area contributed by atoms with Crippen LogP contribution in [0.2, 0.25) is 0 Å². The van der Waals surface area contributed by atoms with Gasteiger partial charge in [-0.1, -0.05) is 44.0 Å². The minimum absolute atomic E-state index is 0.206. The second-order valence-corrected chi connectivity index (χ2v) is 7.45. The van der Waals surface area contributed by atoms with Crippen LogP contribution in [0.25, 0.3) is 0 Å². The quantitative estimate of drug-likeness (QED) is 0.441. The molecule has 0 radical (unpaired) electrons. The Hall–Kier alpha value is -2.43. The van der Waals surface area contributed by atoms with E-state index >= 15 is 0 Å². The van der Waals surface area contributed by atoms with E-state index < -0.39 is 5.92 Å². The van der Waals surface area contributed by atoms with Crippen LogP contribution in [0.5, 0.6) is 0 Å². The highest BCUT2D eigenvalue weighted by Gasteiger charge is 2.28. The second-order valence-electron chi connectivity index (χ2n) is 5.88. The van der Waals surface area contributed by atoms with Crippen LogP contribution in [0, 0.1) is 17.2 Å². The first-order chi connectivity index (χ1) is 13.1. The molecule has 5 nitrogen and oxygen atoms in total. The molecule has 0 spiro atoms. The van der Waals surface area contributed by atoms with E-state index in [1.165, 1.54) is 6.08 Å². The van der Waals surface area contributed by atoms with Crippen LogP contribution in [0.4, 0.5) is 17.1 Å². The summed E-state index contributed by atoms with van der Waals surface area (Å²) in [6, 6.07) is 15.3. The Bertz CT molecular complexity index is 949. The van der Waals surface area contributed by atoms with Crippen LogP contribution in [0.15, 0.2) is 64.1 Å². The van der Waals surface area contributed by atoms with Gasteiger partial charge in [-0.2, -0.15) is 5.26 Å². The minimum Gasteiger partial charge on any atom is -0.376 e. The molecule has 1 heterocycles. The Morgan fingerprint density at radius 1 is 1.26 bits per heavy atom. The van der Waals surface area contributed by atoms with Gasteiger partial charge in [0.2, 0.25) is 5.91 Å². The monoisotopic (exact) mass is 486 g/mol. The second kappa shape index (κ2) is 8.98. The van der Waals surface area contributed by atoms with Crippen molar-refractivity contribution in [1.29, 1.82) is 5.26 Å². The van der Waals surface area contributed by atoms with Gasteiger partial charge in [0.1, 0.15) is 5.92 Å². The summed E-state index contributed by atoms with van der Waals surface area (Å²) in [4.78, 5) is 16.3. The van der Waals surface area contributed by atoms with E-state index in [0.717, 1.165) is 21.4 Å². The molecule has 0 aromatic heterocycles. The summed E-state index contributed by atoms with van der Waals surface area (Å²) in [5.41, 5.74) is 3.20. The number of hydrogen-bond donors (Lipinski definition) is 2. The number of nitrogens with one attached hydrogen (secondary N) is 2. The SMILES string of the molecule is N#CC1C=Nc2ccc(NC(=O)/C=C/CBr)cc2C1Nc1cccc(Br)c1. The van der Waals surface area contributed by atoms with Gasteiger partial charge in [0, 0.05) is 39.0 Å². The number of carbonyl (C=O) groups is 1. The number of nitriles is 1. The lowest BCUT2D eigenvalue weighted by molar-refractivity contribution is -0.111. The molecule has 1 aliphatic rings. The number of nitrogens with zero attached hydrogens (tertiary/aromatic N) is 2. The fourth-order valence-electron chi connectivity index (χ4n) is 2.81. The van der Waals surface area contributed by atoms with Gasteiger partial charge in [0.15, 0.2) is 0 Å². The Morgan fingerprint density at radius 2 is 2.11 bits per heavy atom. The average Bonchev–Trinajstić information content (AvgIpc) is 2.67. The predicted octanol–water partition coefficient (Wildman–Crippen LogP) is 5.35. The molecule has 7 heteroatoms. The Morgan fingerprint density at radius 3 is 2.85 bits per heavy atom. The smallest absolute Gasteiger partial charge is 0.248 e. The van der Waals surface area contributed by atoms with Gasteiger partial charge in [0.05, 0.1) is 17.8 Å². The van der Waals surface area contributed by atoms with Gasteiger partial charge in [-0.05, 0) is 36.4 Å². The summed E-state index contributed by atoms with van der Waals surface area (Å²) in [5, 5.41) is 16.4. The number of halogens is 2. The van der Waals surface area contributed by atoms with Crippen LogP contribution >= 0.6 is 31.9 Å². The molecule has 1 aliphatic heterocycles. The predicted molar refractivity (Wildman–Crippen MR) is 116 cm³/mol. The molecule has 0 saturated heterocycles. The molecule has 136 valence electrons. The standard InChI is InChI=1S/C20H16Br2N4O/c21-8-2-5-19(27)25-16-6-7-18-17(10-16)20(13(11-23)12-24-18)26-15-4-1-3-14(22)9-15/h1-7,9-10,12-13,20,26H,8H2,(H,25,27)/b5-2+. The molecule has 3 rings (SSSR count). The summed E-state index contributed by atoms with van der Waals surface area (Å²) < 4.78 is 0.949. The lowest BCUT2D eigenvalue weighted by Gasteiger charge is -2.27. The van der Waals surface area contributed by atoms with Crippen molar-refractivity contribution in [1.82, 2.24) is 0 Å². The maximum absolute atomic E-state index is 11.9. The molecule has 0 saturated carbocycles. The van der Waals surface area contributed by atoms with Crippen LogP contribution in [-0.4, -0.2) is 17.5 Å². The maximum Gasteiger partial charge on any atom is 0.248 e. The van der Waals surface area contributed by atoms with E-state index in [2.05, 4.69) is 53.6 Å². The molecule has 2 unspecified atom stereocenters. The summed E-state index contributed by atoms with van der Waals surface area (Å²) >= 11 is 6.71. The van der Waals surface area contributed by atoms with Crippen molar-refractivity contribution in [2.75, 3.05) is 16.0 Å². The molecule has 0 bridgehead atoms. The highest BCUT2D eigenvalue weighted by molar-refractivity contribution is 9.10. The molecule has 2 aromatic rings. The summed E-state index contributed by atoms with van der Waals surface area (Å²) in [5.74, 6) is -0.627. The van der Waals surface area contributed by atoms with Gasteiger partial charge in [-0.3, -0.25) is 9.79 Å². The van der Waals surface area contributed by atoms with Crippen LogP contribution in [0.1, 0.15) is 11.6 Å². The van der Waals surface area contributed by atoms with E-state index in [0.29, 0.717) is 11.0 Å². The Kier molecular flexibility index (Phi) is 6.43. The Balaban J connectivity index is 1.91. The van der Waals surface area contributed by atoms with E-state index in [1.54, 1.807) is 18.4 Å². The highest BCUT2D eigenvalue weighted by Crippen LogP contribution is 2.38. The molecular formula is C20H16Br2N4O. The first kappa shape index (κ1) is 19.3. The number of carbonyl (C=O) groups excluding carboxylic acids is 1. The largest absolute Gasteiger partial charge is 0.376 e. The molecule has 2 atom stereocenters. The van der Waals surface area contributed by atoms with E-state index in [9.17, 15) is 10.1 Å². The van der Waals surface area contributed by atoms with Gasteiger partial charge in [-0.15, -0.1) is 0 Å². The van der Waals surface area contributed by atoms with Gasteiger partial charge in [0.25, 0.3) is 0 Å². The number of aliphatic imine (C=N–C) groups is 1. The summed E-state index contributed by atoms with van der Waals surface area (Å²) in [7, 11) is 0. The topological polar surface area (TPSA) is 77.3 Å². The number of rotatable bonds is 5. The maximum atomic E-state index is 11.9. The number of allylic oxidation sites excluding steroid dienone is 1. The third-order valence-electron chi connectivity index (χ3n) is 4.02. The van der Waals surface area contributed by atoms with Gasteiger partial charge < -0.3 is 10.6 Å². The molecule has 2 aromatic carbocycles. The average molecular weight is 488 g/mol. The van der Waals surface area contributed by atoms with Crippen molar-refractivity contribution < 1.29 is 4.79 Å². The zero-order valence-electron chi connectivity index (χ0n) is 14.2. The fraction of sp³-hybridized carbons (Fsp3) is 0.150. The number of alkyl halides is 1. The minimum atomic E-state index is -0.421. The van der Waals surface area contributed by atoms with E-state index in [4.69, 9.17) is 0 Å². The number of anilines is 2. The first-order valence-corrected chi connectivity index (χ1v) is 10.2. The van der Waals surface area contributed by atoms with Crippen LogP contribution in [0.3, 0.4) is 0 Å². The number of fused-ring (bicyclic) bond motifs is 1. The van der Waals surface area contributed by atoms with Crippen molar-refractivity contribution in [3.63, 3.8) is 0 Å².